The molecule has 10 heteroatoms. The van der Waals surface area contributed by atoms with Crippen LogP contribution in [0.3, 0.4) is 0 Å². The maximum absolute atomic E-state index is 13.8. The van der Waals surface area contributed by atoms with Crippen LogP contribution in [0.5, 0.6) is 0 Å². The van der Waals surface area contributed by atoms with Gasteiger partial charge in [-0.25, -0.2) is 18.7 Å². The molecule has 3 rings (SSSR count). The topological polar surface area (TPSA) is 54.9 Å². The summed E-state index contributed by atoms with van der Waals surface area (Å²) in [5.74, 6) is -2.03. The molecule has 0 aliphatic heterocycles. The Labute approximate surface area is 153 Å². The van der Waals surface area contributed by atoms with E-state index >= 15 is 0 Å². The number of rotatable bonds is 3. The highest BCUT2D eigenvalue weighted by molar-refractivity contribution is 7.14. The number of carbonyl (C=O) groups excluding carboxylic acids is 1. The van der Waals surface area contributed by atoms with Crippen molar-refractivity contribution in [3.8, 4) is 11.3 Å². The molecule has 0 aliphatic carbocycles. The maximum atomic E-state index is 13.8. The highest BCUT2D eigenvalue weighted by atomic mass is 32.1. The van der Waals surface area contributed by atoms with Crippen molar-refractivity contribution in [2.75, 3.05) is 5.32 Å². The van der Waals surface area contributed by atoms with Gasteiger partial charge in [-0.1, -0.05) is 0 Å². The predicted octanol–water partition coefficient (Wildman–Crippen LogP) is 5.06. The van der Waals surface area contributed by atoms with Crippen molar-refractivity contribution in [3.05, 3.63) is 64.3 Å². The quantitative estimate of drug-likeness (QED) is 0.626. The third kappa shape index (κ3) is 4.11. The van der Waals surface area contributed by atoms with Gasteiger partial charge in [0.15, 0.2) is 5.13 Å². The number of carbonyl (C=O) groups is 1. The second-order valence-corrected chi connectivity index (χ2v) is 6.30. The number of anilines is 1. The normalized spacial score (nSPS) is 11.5. The molecule has 4 nitrogen and oxygen atoms in total. The van der Waals surface area contributed by atoms with Crippen molar-refractivity contribution in [1.82, 2.24) is 9.97 Å². The Balaban J connectivity index is 1.81. The Bertz CT molecular complexity index is 1020. The fourth-order valence-electron chi connectivity index (χ4n) is 2.27. The second-order valence-electron chi connectivity index (χ2n) is 5.44. The first-order valence-corrected chi connectivity index (χ1v) is 8.30. The van der Waals surface area contributed by atoms with E-state index in [9.17, 15) is 26.7 Å². The maximum Gasteiger partial charge on any atom is 0.433 e. The van der Waals surface area contributed by atoms with Crippen LogP contribution in [-0.2, 0) is 6.18 Å². The SMILES string of the molecule is Cc1nc(C(F)(F)F)ccc1C(=O)Nc1nc(-c2cc(F)ccc2F)cs1. The van der Waals surface area contributed by atoms with Gasteiger partial charge in [0.1, 0.15) is 17.3 Å². The Hall–Kier alpha value is -2.88. The number of alkyl halides is 3. The van der Waals surface area contributed by atoms with Gasteiger partial charge >= 0.3 is 6.18 Å². The lowest BCUT2D eigenvalue weighted by Crippen LogP contribution is -2.16. The molecule has 0 aliphatic rings. The number of thiazole rings is 1. The van der Waals surface area contributed by atoms with E-state index in [0.717, 1.165) is 35.6 Å². The van der Waals surface area contributed by atoms with Crippen LogP contribution in [0, 0.1) is 18.6 Å². The van der Waals surface area contributed by atoms with Crippen LogP contribution >= 0.6 is 11.3 Å². The van der Waals surface area contributed by atoms with E-state index in [1.54, 1.807) is 0 Å². The highest BCUT2D eigenvalue weighted by Crippen LogP contribution is 2.30. The van der Waals surface area contributed by atoms with Gasteiger partial charge < -0.3 is 0 Å². The van der Waals surface area contributed by atoms with Gasteiger partial charge in [-0.05, 0) is 37.3 Å². The van der Waals surface area contributed by atoms with Crippen molar-refractivity contribution in [1.29, 1.82) is 0 Å². The number of benzene rings is 1. The molecular formula is C17H10F5N3OS. The lowest BCUT2D eigenvalue weighted by atomic mass is 10.1. The van der Waals surface area contributed by atoms with Crippen molar-refractivity contribution >= 4 is 22.4 Å². The number of hydrogen-bond acceptors (Lipinski definition) is 4. The van der Waals surface area contributed by atoms with E-state index in [1.165, 1.54) is 12.3 Å². The smallest absolute Gasteiger partial charge is 0.298 e. The number of amides is 1. The van der Waals surface area contributed by atoms with Crippen molar-refractivity contribution in [2.45, 2.75) is 13.1 Å². The average Bonchev–Trinajstić information content (AvgIpc) is 3.04. The fourth-order valence-corrected chi connectivity index (χ4v) is 2.98. The van der Waals surface area contributed by atoms with Crippen LogP contribution in [0.15, 0.2) is 35.7 Å². The summed E-state index contributed by atoms with van der Waals surface area (Å²) in [7, 11) is 0. The second kappa shape index (κ2) is 7.03. The molecule has 0 spiro atoms. The zero-order chi connectivity index (χ0) is 19.8. The first kappa shape index (κ1) is 18.9. The van der Waals surface area contributed by atoms with Crippen molar-refractivity contribution < 1.29 is 26.7 Å². The molecule has 0 radical (unpaired) electrons. The summed E-state index contributed by atoms with van der Waals surface area (Å²) in [4.78, 5) is 19.7. The average molecular weight is 399 g/mol. The molecule has 1 N–H and O–H groups in total. The minimum absolute atomic E-state index is 0.0586. The van der Waals surface area contributed by atoms with E-state index in [4.69, 9.17) is 0 Å². The Morgan fingerprint density at radius 3 is 2.52 bits per heavy atom. The zero-order valence-electron chi connectivity index (χ0n) is 13.6. The predicted molar refractivity (Wildman–Crippen MR) is 89.4 cm³/mol. The largest absolute Gasteiger partial charge is 0.433 e. The molecule has 0 saturated heterocycles. The third-order valence-corrected chi connectivity index (χ3v) is 4.31. The van der Waals surface area contributed by atoms with E-state index in [-0.39, 0.29) is 27.6 Å². The lowest BCUT2D eigenvalue weighted by Gasteiger charge is -2.09. The van der Waals surface area contributed by atoms with Crippen LogP contribution < -0.4 is 5.32 Å². The van der Waals surface area contributed by atoms with Gasteiger partial charge in [0.05, 0.1) is 17.0 Å². The van der Waals surface area contributed by atoms with Crippen molar-refractivity contribution in [3.63, 3.8) is 0 Å². The summed E-state index contributed by atoms with van der Waals surface area (Å²) in [5.41, 5.74) is -1.21. The van der Waals surface area contributed by atoms with E-state index < -0.39 is 29.4 Å². The van der Waals surface area contributed by atoms with Crippen LogP contribution in [-0.4, -0.2) is 15.9 Å². The first-order valence-electron chi connectivity index (χ1n) is 7.42. The summed E-state index contributed by atoms with van der Waals surface area (Å²) < 4.78 is 65.0. The van der Waals surface area contributed by atoms with Gasteiger partial charge in [0.25, 0.3) is 5.91 Å². The van der Waals surface area contributed by atoms with Gasteiger partial charge in [-0.15, -0.1) is 11.3 Å². The molecule has 1 aromatic carbocycles. The number of hydrogen-bond donors (Lipinski definition) is 1. The van der Waals surface area contributed by atoms with E-state index in [2.05, 4.69) is 15.3 Å². The minimum atomic E-state index is -4.61. The van der Waals surface area contributed by atoms with Gasteiger partial charge in [-0.3, -0.25) is 10.1 Å². The van der Waals surface area contributed by atoms with Gasteiger partial charge in [0.2, 0.25) is 0 Å². The molecular weight excluding hydrogens is 389 g/mol. The van der Waals surface area contributed by atoms with Gasteiger partial charge in [-0.2, -0.15) is 13.2 Å². The molecule has 0 atom stereocenters. The summed E-state index contributed by atoms with van der Waals surface area (Å²) in [6.45, 7) is 1.28. The number of nitrogens with one attached hydrogen (secondary N) is 1. The molecule has 0 saturated carbocycles. The number of nitrogens with zero attached hydrogens (tertiary/aromatic N) is 2. The monoisotopic (exact) mass is 399 g/mol. The Morgan fingerprint density at radius 1 is 1.11 bits per heavy atom. The minimum Gasteiger partial charge on any atom is -0.298 e. The number of pyridine rings is 1. The summed E-state index contributed by atoms with van der Waals surface area (Å²) >= 11 is 0.963. The fraction of sp³-hybridized carbons (Fsp3) is 0.118. The summed E-state index contributed by atoms with van der Waals surface area (Å²) in [5, 5.41) is 3.92. The molecule has 1 amide bonds. The molecule has 140 valence electrons. The Kier molecular flexibility index (Phi) is 4.92. The van der Waals surface area contributed by atoms with E-state index in [1.807, 2.05) is 0 Å². The van der Waals surface area contributed by atoms with Gasteiger partial charge in [0, 0.05) is 10.9 Å². The number of halogens is 5. The summed E-state index contributed by atoms with van der Waals surface area (Å²) in [6, 6.07) is 4.62. The van der Waals surface area contributed by atoms with Crippen LogP contribution in [0.1, 0.15) is 21.7 Å². The molecule has 0 fully saturated rings. The standard InChI is InChI=1S/C17H10F5N3OS/c1-8-10(3-5-14(23-8)17(20,21)22)15(26)25-16-24-13(7-27-16)11-6-9(18)2-4-12(11)19/h2-7H,1H3,(H,24,25,26). The zero-order valence-corrected chi connectivity index (χ0v) is 14.4. The molecule has 2 heterocycles. The van der Waals surface area contributed by atoms with E-state index in [0.29, 0.717) is 6.07 Å². The third-order valence-electron chi connectivity index (χ3n) is 3.55. The molecule has 3 aromatic rings. The van der Waals surface area contributed by atoms with Crippen LogP contribution in [0.2, 0.25) is 0 Å². The lowest BCUT2D eigenvalue weighted by molar-refractivity contribution is -0.141. The van der Waals surface area contributed by atoms with Crippen LogP contribution in [0.4, 0.5) is 27.1 Å². The number of aromatic nitrogens is 2. The van der Waals surface area contributed by atoms with Crippen molar-refractivity contribution in [2.24, 2.45) is 0 Å². The highest BCUT2D eigenvalue weighted by Gasteiger charge is 2.33. The Morgan fingerprint density at radius 2 is 1.85 bits per heavy atom. The van der Waals surface area contributed by atoms with Crippen LogP contribution in [0.25, 0.3) is 11.3 Å². The summed E-state index contributed by atoms with van der Waals surface area (Å²) in [6.07, 6.45) is -4.61. The molecule has 2 aromatic heterocycles. The molecule has 0 bridgehead atoms. The first-order chi connectivity index (χ1) is 12.6. The number of aryl methyl sites for hydroxylation is 1. The molecule has 0 unspecified atom stereocenters. The molecule has 27 heavy (non-hydrogen) atoms.